The van der Waals surface area contributed by atoms with Gasteiger partial charge in [-0.05, 0) is 28.8 Å². The van der Waals surface area contributed by atoms with E-state index in [-0.39, 0.29) is 25.0 Å². The molecule has 1 aliphatic rings. The van der Waals surface area contributed by atoms with E-state index in [4.69, 9.17) is 14.2 Å². The van der Waals surface area contributed by atoms with E-state index < -0.39 is 0 Å². The molecule has 124 valence electrons. The number of hydrogen-bond donors (Lipinski definition) is 0. The lowest BCUT2D eigenvalue weighted by atomic mass is 10.0. The van der Waals surface area contributed by atoms with Gasteiger partial charge in [0.2, 0.25) is 0 Å². The van der Waals surface area contributed by atoms with Crippen molar-refractivity contribution in [2.75, 3.05) is 13.7 Å². The van der Waals surface area contributed by atoms with Gasteiger partial charge in [0.25, 0.3) is 0 Å². The number of carbonyl (C=O) groups excluding carboxylic acids is 1. The molecular weight excluding hydrogens is 304 g/mol. The van der Waals surface area contributed by atoms with Gasteiger partial charge in [0.1, 0.15) is 12.7 Å². The van der Waals surface area contributed by atoms with Crippen molar-refractivity contribution in [2.45, 2.75) is 18.8 Å². The first kappa shape index (κ1) is 16.4. The zero-order chi connectivity index (χ0) is 16.9. The van der Waals surface area contributed by atoms with Crippen LogP contribution in [0.25, 0.3) is 11.1 Å². The van der Waals surface area contributed by atoms with Gasteiger partial charge in [-0.1, -0.05) is 49.0 Å². The van der Waals surface area contributed by atoms with Gasteiger partial charge in [0, 0.05) is 13.5 Å². The van der Waals surface area contributed by atoms with Crippen molar-refractivity contribution in [1.29, 1.82) is 0 Å². The van der Waals surface area contributed by atoms with Crippen molar-refractivity contribution in [3.8, 4) is 11.1 Å². The molecule has 0 spiro atoms. The van der Waals surface area contributed by atoms with Crippen molar-refractivity contribution in [2.24, 2.45) is 0 Å². The lowest BCUT2D eigenvalue weighted by Crippen LogP contribution is -2.21. The number of methoxy groups -OCH3 is 1. The van der Waals surface area contributed by atoms with Gasteiger partial charge >= 0.3 is 5.97 Å². The van der Waals surface area contributed by atoms with Crippen molar-refractivity contribution in [1.82, 2.24) is 0 Å². The Bertz CT molecular complexity index is 706. The van der Waals surface area contributed by atoms with Crippen LogP contribution in [0.3, 0.4) is 0 Å². The summed E-state index contributed by atoms with van der Waals surface area (Å²) in [5.41, 5.74) is 3.57. The molecule has 3 rings (SSSR count). The van der Waals surface area contributed by atoms with E-state index in [1.54, 1.807) is 19.2 Å². The Morgan fingerprint density at radius 1 is 1.12 bits per heavy atom. The lowest BCUT2D eigenvalue weighted by Gasteiger charge is -2.13. The summed E-state index contributed by atoms with van der Waals surface area (Å²) in [6.45, 7) is 4.08. The minimum Gasteiger partial charge on any atom is -0.459 e. The summed E-state index contributed by atoms with van der Waals surface area (Å²) in [6.07, 6.45) is 0.0265. The minimum absolute atomic E-state index is 0.151. The van der Waals surface area contributed by atoms with Crippen LogP contribution in [0.5, 0.6) is 0 Å². The van der Waals surface area contributed by atoms with Gasteiger partial charge in [0.15, 0.2) is 6.29 Å². The first-order chi connectivity index (χ1) is 11.7. The maximum atomic E-state index is 12.2. The van der Waals surface area contributed by atoms with E-state index in [9.17, 15) is 4.79 Å². The van der Waals surface area contributed by atoms with Crippen molar-refractivity contribution in [3.63, 3.8) is 0 Å². The zero-order valence-corrected chi connectivity index (χ0v) is 13.6. The SMILES string of the molecule is C=C1C[C@H](OC)O[C@@H]1COC(=O)c1ccc(-c2ccccc2)cc1. The summed E-state index contributed by atoms with van der Waals surface area (Å²) in [7, 11) is 1.58. The third-order valence-corrected chi connectivity index (χ3v) is 4.06. The van der Waals surface area contributed by atoms with E-state index in [0.29, 0.717) is 12.0 Å². The van der Waals surface area contributed by atoms with Crippen LogP contribution in [0.2, 0.25) is 0 Å². The second-order valence-electron chi connectivity index (χ2n) is 5.69. The molecule has 2 atom stereocenters. The second-order valence-corrected chi connectivity index (χ2v) is 5.69. The third-order valence-electron chi connectivity index (χ3n) is 4.06. The van der Waals surface area contributed by atoms with Crippen LogP contribution < -0.4 is 0 Å². The van der Waals surface area contributed by atoms with Crippen LogP contribution in [0.1, 0.15) is 16.8 Å². The van der Waals surface area contributed by atoms with Gasteiger partial charge in [0.05, 0.1) is 5.56 Å². The van der Waals surface area contributed by atoms with E-state index in [0.717, 1.165) is 16.7 Å². The second kappa shape index (κ2) is 7.43. The molecule has 0 aromatic heterocycles. The molecule has 2 aromatic carbocycles. The summed E-state index contributed by atoms with van der Waals surface area (Å²) < 4.78 is 16.1. The topological polar surface area (TPSA) is 44.8 Å². The molecule has 1 aliphatic heterocycles. The molecule has 24 heavy (non-hydrogen) atoms. The van der Waals surface area contributed by atoms with Gasteiger partial charge < -0.3 is 14.2 Å². The van der Waals surface area contributed by atoms with Gasteiger partial charge in [-0.2, -0.15) is 0 Å². The van der Waals surface area contributed by atoms with Gasteiger partial charge in [-0.3, -0.25) is 0 Å². The molecule has 0 N–H and O–H groups in total. The van der Waals surface area contributed by atoms with E-state index >= 15 is 0 Å². The Balaban J connectivity index is 1.59. The van der Waals surface area contributed by atoms with Crippen LogP contribution >= 0.6 is 0 Å². The minimum atomic E-state index is -0.369. The van der Waals surface area contributed by atoms with Crippen LogP contribution in [-0.2, 0) is 14.2 Å². The molecule has 0 saturated carbocycles. The van der Waals surface area contributed by atoms with E-state index in [1.807, 2.05) is 42.5 Å². The number of carbonyl (C=O) groups is 1. The Hall–Kier alpha value is -2.43. The molecule has 0 aliphatic carbocycles. The number of benzene rings is 2. The number of esters is 1. The van der Waals surface area contributed by atoms with Crippen LogP contribution in [-0.4, -0.2) is 32.1 Å². The maximum Gasteiger partial charge on any atom is 0.338 e. The fraction of sp³-hybridized carbons (Fsp3) is 0.250. The van der Waals surface area contributed by atoms with Crippen LogP contribution in [0, 0.1) is 0 Å². The monoisotopic (exact) mass is 324 g/mol. The number of ether oxygens (including phenoxy) is 3. The molecule has 0 radical (unpaired) electrons. The molecular formula is C20H20O4. The van der Waals surface area contributed by atoms with Gasteiger partial charge in [-0.15, -0.1) is 0 Å². The highest BCUT2D eigenvalue weighted by atomic mass is 16.7. The predicted molar refractivity (Wildman–Crippen MR) is 91.6 cm³/mol. The summed E-state index contributed by atoms with van der Waals surface area (Å²) >= 11 is 0. The predicted octanol–water partition coefficient (Wildman–Crippen LogP) is 3.83. The van der Waals surface area contributed by atoms with Crippen molar-refractivity contribution in [3.05, 3.63) is 72.3 Å². The Kier molecular flexibility index (Phi) is 5.08. The van der Waals surface area contributed by atoms with E-state index in [2.05, 4.69) is 6.58 Å². The molecule has 0 unspecified atom stereocenters. The van der Waals surface area contributed by atoms with Crippen molar-refractivity contribution < 1.29 is 19.0 Å². The molecule has 1 fully saturated rings. The summed E-state index contributed by atoms with van der Waals surface area (Å²) in [6, 6.07) is 17.4. The molecule has 0 bridgehead atoms. The van der Waals surface area contributed by atoms with Crippen molar-refractivity contribution >= 4 is 5.97 Å². The first-order valence-electron chi connectivity index (χ1n) is 7.86. The average Bonchev–Trinajstić information content (AvgIpc) is 3.00. The number of hydrogen-bond acceptors (Lipinski definition) is 4. The van der Waals surface area contributed by atoms with Gasteiger partial charge in [-0.25, -0.2) is 4.79 Å². The largest absolute Gasteiger partial charge is 0.459 e. The smallest absolute Gasteiger partial charge is 0.338 e. The molecule has 1 saturated heterocycles. The highest BCUT2D eigenvalue weighted by molar-refractivity contribution is 5.90. The Morgan fingerprint density at radius 2 is 1.79 bits per heavy atom. The molecule has 4 heteroatoms. The standard InChI is InChI=1S/C20H20O4/c1-14-12-19(22-2)24-18(14)13-23-20(21)17-10-8-16(9-11-17)15-6-4-3-5-7-15/h3-11,18-19H,1,12-13H2,2H3/t18-,19-/m1/s1. The summed E-state index contributed by atoms with van der Waals surface area (Å²) in [5.74, 6) is -0.369. The average molecular weight is 324 g/mol. The van der Waals surface area contributed by atoms with Crippen LogP contribution in [0.15, 0.2) is 66.7 Å². The molecule has 1 heterocycles. The third kappa shape index (κ3) is 3.72. The quantitative estimate of drug-likeness (QED) is 0.619. The zero-order valence-electron chi connectivity index (χ0n) is 13.6. The Morgan fingerprint density at radius 3 is 2.42 bits per heavy atom. The highest BCUT2D eigenvalue weighted by Gasteiger charge is 2.29. The summed E-state index contributed by atoms with van der Waals surface area (Å²) in [5, 5.41) is 0. The number of rotatable bonds is 5. The highest BCUT2D eigenvalue weighted by Crippen LogP contribution is 2.25. The fourth-order valence-electron chi connectivity index (χ4n) is 2.63. The summed E-state index contributed by atoms with van der Waals surface area (Å²) in [4.78, 5) is 12.2. The Labute approximate surface area is 141 Å². The fourth-order valence-corrected chi connectivity index (χ4v) is 2.63. The van der Waals surface area contributed by atoms with E-state index in [1.165, 1.54) is 0 Å². The lowest BCUT2D eigenvalue weighted by molar-refractivity contribution is -0.122. The van der Waals surface area contributed by atoms with Crippen LogP contribution in [0.4, 0.5) is 0 Å². The first-order valence-corrected chi connectivity index (χ1v) is 7.86. The maximum absolute atomic E-state index is 12.2. The normalized spacial score (nSPS) is 20.1. The molecule has 4 nitrogen and oxygen atoms in total. The molecule has 2 aromatic rings. The molecule has 0 amide bonds.